The number of methoxy groups -OCH3 is 1. The monoisotopic (exact) mass is 142 g/mol. The normalized spacial score (nSPS) is 31.8. The van der Waals surface area contributed by atoms with Crippen LogP contribution in [-0.4, -0.2) is 19.3 Å². The summed E-state index contributed by atoms with van der Waals surface area (Å²) in [5.41, 5.74) is 6.05. The van der Waals surface area contributed by atoms with Crippen molar-refractivity contribution in [3.05, 3.63) is 12.3 Å². The fourth-order valence-corrected chi connectivity index (χ4v) is 1.09. The molecular formula is C7H14N2O. The number of ether oxygens (including phenoxy) is 1. The molecule has 0 saturated heterocycles. The first-order valence-electron chi connectivity index (χ1n) is 3.59. The summed E-state index contributed by atoms with van der Waals surface area (Å²) < 4.78 is 5.21. The summed E-state index contributed by atoms with van der Waals surface area (Å²) in [6, 6.07) is 0.398. The first-order valence-corrected chi connectivity index (χ1v) is 3.59. The minimum Gasteiger partial charge on any atom is -0.376 e. The summed E-state index contributed by atoms with van der Waals surface area (Å²) in [5.74, 6) is 0. The molecule has 0 aromatic carbocycles. The van der Waals surface area contributed by atoms with Crippen LogP contribution in [0, 0.1) is 0 Å². The second-order valence-electron chi connectivity index (χ2n) is 2.36. The molecule has 2 N–H and O–H groups in total. The molecule has 0 aliphatic carbocycles. The molecule has 58 valence electrons. The Morgan fingerprint density at radius 1 is 1.60 bits per heavy atom. The zero-order chi connectivity index (χ0) is 7.40. The summed E-state index contributed by atoms with van der Waals surface area (Å²) in [6.45, 7) is 2.13. The lowest BCUT2D eigenvalue weighted by Crippen LogP contribution is -2.48. The number of nitrogens with one attached hydrogen (secondary N) is 2. The van der Waals surface area contributed by atoms with E-state index in [0.717, 1.165) is 6.42 Å². The van der Waals surface area contributed by atoms with Gasteiger partial charge in [0.2, 0.25) is 0 Å². The molecule has 0 saturated carbocycles. The fourth-order valence-electron chi connectivity index (χ4n) is 1.09. The van der Waals surface area contributed by atoms with Crippen LogP contribution >= 0.6 is 0 Å². The number of hydrogen-bond acceptors (Lipinski definition) is 3. The van der Waals surface area contributed by atoms with Crippen molar-refractivity contribution in [1.82, 2.24) is 10.9 Å². The fraction of sp³-hybridized carbons (Fsp3) is 0.714. The van der Waals surface area contributed by atoms with Gasteiger partial charge in [0, 0.05) is 13.3 Å². The van der Waals surface area contributed by atoms with Gasteiger partial charge in [0.1, 0.15) is 0 Å². The Balaban J connectivity index is 2.47. The lowest BCUT2D eigenvalue weighted by Gasteiger charge is -2.26. The van der Waals surface area contributed by atoms with Crippen molar-refractivity contribution in [2.45, 2.75) is 25.5 Å². The van der Waals surface area contributed by atoms with E-state index in [4.69, 9.17) is 4.74 Å². The molecule has 1 unspecified atom stereocenters. The largest absolute Gasteiger partial charge is 0.376 e. The quantitative estimate of drug-likeness (QED) is 0.585. The Morgan fingerprint density at radius 2 is 2.40 bits per heavy atom. The summed E-state index contributed by atoms with van der Waals surface area (Å²) in [5, 5.41) is 0. The third-order valence-electron chi connectivity index (χ3n) is 1.75. The molecule has 0 spiro atoms. The third kappa shape index (κ3) is 1.49. The summed E-state index contributed by atoms with van der Waals surface area (Å²) in [6.07, 6.45) is 5.16. The second kappa shape index (κ2) is 3.58. The van der Waals surface area contributed by atoms with Gasteiger partial charge in [-0.2, -0.15) is 0 Å². The van der Waals surface area contributed by atoms with Crippen molar-refractivity contribution < 1.29 is 4.74 Å². The maximum Gasteiger partial charge on any atom is 0.0940 e. The standard InChI is InChI=1S/C7H14N2O/c1-3-6-7(10-2)4-5-8-9-6/h4-9H,3H2,1-2H3/t6-,7?/m1/s1. The summed E-state index contributed by atoms with van der Waals surface area (Å²) >= 11 is 0. The van der Waals surface area contributed by atoms with Crippen LogP contribution in [-0.2, 0) is 4.74 Å². The van der Waals surface area contributed by atoms with Gasteiger partial charge in [-0.1, -0.05) is 6.92 Å². The van der Waals surface area contributed by atoms with Gasteiger partial charge in [0.25, 0.3) is 0 Å². The molecule has 2 atom stereocenters. The topological polar surface area (TPSA) is 33.3 Å². The van der Waals surface area contributed by atoms with E-state index in [0.29, 0.717) is 6.04 Å². The highest BCUT2D eigenvalue weighted by Crippen LogP contribution is 2.05. The highest BCUT2D eigenvalue weighted by Gasteiger charge is 2.17. The van der Waals surface area contributed by atoms with Gasteiger partial charge >= 0.3 is 0 Å². The highest BCUT2D eigenvalue weighted by atomic mass is 16.5. The molecule has 1 aliphatic heterocycles. The molecule has 0 radical (unpaired) electrons. The Bertz CT molecular complexity index is 125. The molecule has 1 heterocycles. The zero-order valence-electron chi connectivity index (χ0n) is 6.42. The van der Waals surface area contributed by atoms with E-state index >= 15 is 0 Å². The average molecular weight is 142 g/mol. The first kappa shape index (κ1) is 7.57. The van der Waals surface area contributed by atoms with E-state index in [2.05, 4.69) is 17.8 Å². The van der Waals surface area contributed by atoms with E-state index in [1.807, 2.05) is 12.3 Å². The minimum absolute atomic E-state index is 0.214. The molecule has 0 aromatic rings. The smallest absolute Gasteiger partial charge is 0.0940 e. The van der Waals surface area contributed by atoms with Crippen molar-refractivity contribution in [1.29, 1.82) is 0 Å². The van der Waals surface area contributed by atoms with Gasteiger partial charge in [-0.15, -0.1) is 0 Å². The van der Waals surface area contributed by atoms with Crippen LogP contribution in [0.4, 0.5) is 0 Å². The van der Waals surface area contributed by atoms with Crippen LogP contribution in [0.15, 0.2) is 12.3 Å². The van der Waals surface area contributed by atoms with Gasteiger partial charge in [0.05, 0.1) is 12.1 Å². The number of rotatable bonds is 2. The van der Waals surface area contributed by atoms with E-state index in [1.54, 1.807) is 7.11 Å². The second-order valence-corrected chi connectivity index (χ2v) is 2.36. The van der Waals surface area contributed by atoms with Crippen LogP contribution in [0.2, 0.25) is 0 Å². The lowest BCUT2D eigenvalue weighted by molar-refractivity contribution is 0.0933. The number of hydrogen-bond donors (Lipinski definition) is 2. The SMILES string of the molecule is CC[C@H]1NNC=CC1OC. The van der Waals surface area contributed by atoms with Crippen LogP contribution in [0.1, 0.15) is 13.3 Å². The van der Waals surface area contributed by atoms with Gasteiger partial charge in [0.15, 0.2) is 0 Å². The van der Waals surface area contributed by atoms with Crippen molar-refractivity contribution in [3.8, 4) is 0 Å². The first-order chi connectivity index (χ1) is 4.88. The van der Waals surface area contributed by atoms with Gasteiger partial charge < -0.3 is 10.2 Å². The maximum absolute atomic E-state index is 5.21. The predicted octanol–water partition coefficient (Wildman–Crippen LogP) is 0.401. The Kier molecular flexibility index (Phi) is 2.71. The van der Waals surface area contributed by atoms with Gasteiger partial charge in [-0.05, 0) is 12.5 Å². The molecular weight excluding hydrogens is 128 g/mol. The van der Waals surface area contributed by atoms with E-state index in [-0.39, 0.29) is 6.10 Å². The highest BCUT2D eigenvalue weighted by molar-refractivity contribution is 4.97. The molecule has 1 aliphatic rings. The molecule has 3 heteroatoms. The van der Waals surface area contributed by atoms with E-state index < -0.39 is 0 Å². The van der Waals surface area contributed by atoms with Crippen LogP contribution < -0.4 is 10.9 Å². The van der Waals surface area contributed by atoms with Crippen molar-refractivity contribution >= 4 is 0 Å². The Morgan fingerprint density at radius 3 is 2.90 bits per heavy atom. The van der Waals surface area contributed by atoms with Crippen LogP contribution in [0.25, 0.3) is 0 Å². The van der Waals surface area contributed by atoms with Crippen molar-refractivity contribution in [2.24, 2.45) is 0 Å². The maximum atomic E-state index is 5.21. The lowest BCUT2D eigenvalue weighted by atomic mass is 10.1. The molecule has 0 bridgehead atoms. The third-order valence-corrected chi connectivity index (χ3v) is 1.75. The predicted molar refractivity (Wildman–Crippen MR) is 40.3 cm³/mol. The van der Waals surface area contributed by atoms with E-state index in [9.17, 15) is 0 Å². The van der Waals surface area contributed by atoms with Crippen LogP contribution in [0.3, 0.4) is 0 Å². The Labute approximate surface area is 61.4 Å². The molecule has 3 nitrogen and oxygen atoms in total. The van der Waals surface area contributed by atoms with Crippen molar-refractivity contribution in [3.63, 3.8) is 0 Å². The van der Waals surface area contributed by atoms with Crippen molar-refractivity contribution in [2.75, 3.05) is 7.11 Å². The van der Waals surface area contributed by atoms with Gasteiger partial charge in [-0.25, -0.2) is 5.43 Å². The Hall–Kier alpha value is -0.540. The molecule has 0 amide bonds. The average Bonchev–Trinajstić information content (AvgIpc) is 2.04. The molecule has 10 heavy (non-hydrogen) atoms. The molecule has 0 fully saturated rings. The molecule has 0 aromatic heterocycles. The minimum atomic E-state index is 0.214. The summed E-state index contributed by atoms with van der Waals surface area (Å²) in [7, 11) is 1.73. The van der Waals surface area contributed by atoms with Crippen LogP contribution in [0.5, 0.6) is 0 Å². The van der Waals surface area contributed by atoms with Gasteiger partial charge in [-0.3, -0.25) is 0 Å². The zero-order valence-corrected chi connectivity index (χ0v) is 6.42. The number of hydrazine groups is 1. The summed E-state index contributed by atoms with van der Waals surface area (Å²) in [4.78, 5) is 0. The molecule has 1 rings (SSSR count). The van der Waals surface area contributed by atoms with E-state index in [1.165, 1.54) is 0 Å².